The maximum absolute atomic E-state index is 12.3. The number of carbonyl (C=O) groups excluding carboxylic acids is 3. The van der Waals surface area contributed by atoms with Gasteiger partial charge >= 0.3 is 5.97 Å². The lowest BCUT2D eigenvalue weighted by Crippen LogP contribution is -2.34. The number of methoxy groups -OCH3 is 1. The predicted molar refractivity (Wildman–Crippen MR) is 93.6 cm³/mol. The second-order valence-electron chi connectivity index (χ2n) is 5.20. The molecular weight excluding hydrogens is 356 g/mol. The van der Waals surface area contributed by atoms with E-state index in [9.17, 15) is 14.4 Å². The first kappa shape index (κ1) is 17.5. The summed E-state index contributed by atoms with van der Waals surface area (Å²) in [5.41, 5.74) is 1.10. The van der Waals surface area contributed by atoms with Crippen LogP contribution in [0, 0.1) is 11.3 Å². The van der Waals surface area contributed by atoms with Gasteiger partial charge in [-0.05, 0) is 36.0 Å². The van der Waals surface area contributed by atoms with Crippen LogP contribution in [-0.2, 0) is 14.3 Å². The van der Waals surface area contributed by atoms with Crippen LogP contribution in [0.2, 0.25) is 0 Å². The molecule has 1 aromatic carbocycles. The van der Waals surface area contributed by atoms with Crippen LogP contribution in [0.4, 0.5) is 4.79 Å². The molecule has 1 fully saturated rings. The zero-order valence-electron chi connectivity index (χ0n) is 13.6. The average Bonchev–Trinajstić information content (AvgIpc) is 3.22. The van der Waals surface area contributed by atoms with E-state index in [4.69, 9.17) is 9.68 Å². The minimum atomic E-state index is -0.679. The lowest BCUT2D eigenvalue weighted by atomic mass is 10.1. The van der Waals surface area contributed by atoms with Gasteiger partial charge in [-0.25, -0.2) is 0 Å². The standard InChI is InChI=1S/C18H12N2O5S/c1-24-16(21)10-20-17(22)15(26-18(20)23)8-12-6-7-14(25-12)13-5-3-2-4-11(13)9-19/h2-8H,10H2,1H3/b15-8-. The van der Waals surface area contributed by atoms with Gasteiger partial charge in [0, 0.05) is 11.6 Å². The summed E-state index contributed by atoms with van der Waals surface area (Å²) in [6.07, 6.45) is 1.43. The van der Waals surface area contributed by atoms with Gasteiger partial charge in [-0.2, -0.15) is 5.26 Å². The van der Waals surface area contributed by atoms with Gasteiger partial charge in [-0.3, -0.25) is 19.3 Å². The average molecular weight is 368 g/mol. The van der Waals surface area contributed by atoms with Crippen LogP contribution in [0.3, 0.4) is 0 Å². The van der Waals surface area contributed by atoms with E-state index in [-0.39, 0.29) is 4.91 Å². The number of ether oxygens (including phenoxy) is 1. The fourth-order valence-electron chi connectivity index (χ4n) is 2.33. The van der Waals surface area contributed by atoms with Gasteiger partial charge < -0.3 is 9.15 Å². The van der Waals surface area contributed by atoms with E-state index in [1.54, 1.807) is 36.4 Å². The molecule has 0 unspecified atom stereocenters. The minimum Gasteiger partial charge on any atom is -0.468 e. The molecule has 0 N–H and O–H groups in total. The van der Waals surface area contributed by atoms with E-state index in [1.165, 1.54) is 13.2 Å². The zero-order chi connectivity index (χ0) is 18.7. The number of hydrogen-bond donors (Lipinski definition) is 0. The van der Waals surface area contributed by atoms with Crippen molar-refractivity contribution in [3.05, 3.63) is 52.6 Å². The Hall–Kier alpha value is -3.31. The Morgan fingerprint density at radius 1 is 1.31 bits per heavy atom. The summed E-state index contributed by atoms with van der Waals surface area (Å²) in [4.78, 5) is 36.4. The highest BCUT2D eigenvalue weighted by Crippen LogP contribution is 2.33. The summed E-state index contributed by atoms with van der Waals surface area (Å²) >= 11 is 0.720. The third kappa shape index (κ3) is 3.38. The van der Waals surface area contributed by atoms with Crippen LogP contribution in [0.1, 0.15) is 11.3 Å². The van der Waals surface area contributed by atoms with Gasteiger partial charge in [0.1, 0.15) is 18.1 Å². The lowest BCUT2D eigenvalue weighted by molar-refractivity contribution is -0.143. The van der Waals surface area contributed by atoms with Crippen molar-refractivity contribution in [1.29, 1.82) is 5.26 Å². The molecule has 0 aliphatic carbocycles. The quantitative estimate of drug-likeness (QED) is 0.604. The minimum absolute atomic E-state index is 0.147. The van der Waals surface area contributed by atoms with Crippen molar-refractivity contribution in [2.45, 2.75) is 0 Å². The third-order valence-corrected chi connectivity index (χ3v) is 4.51. The lowest BCUT2D eigenvalue weighted by Gasteiger charge is -2.09. The molecule has 0 atom stereocenters. The summed E-state index contributed by atoms with van der Waals surface area (Å²) in [5.74, 6) is -0.429. The Labute approximate surface area is 152 Å². The molecule has 1 aromatic heterocycles. The monoisotopic (exact) mass is 368 g/mol. The number of esters is 1. The number of imide groups is 1. The van der Waals surface area contributed by atoms with Crippen LogP contribution >= 0.6 is 11.8 Å². The van der Waals surface area contributed by atoms with Gasteiger partial charge in [0.15, 0.2) is 0 Å². The molecule has 130 valence electrons. The molecule has 8 heteroatoms. The largest absolute Gasteiger partial charge is 0.468 e. The molecule has 2 heterocycles. The Kier molecular flexibility index (Phi) is 4.91. The van der Waals surface area contributed by atoms with Crippen molar-refractivity contribution in [1.82, 2.24) is 4.90 Å². The zero-order valence-corrected chi connectivity index (χ0v) is 14.4. The SMILES string of the molecule is COC(=O)CN1C(=O)S/C(=C\c2ccc(-c3ccccc3C#N)o2)C1=O. The van der Waals surface area contributed by atoms with Crippen LogP contribution in [-0.4, -0.2) is 35.7 Å². The third-order valence-electron chi connectivity index (χ3n) is 3.60. The molecule has 1 aliphatic rings. The van der Waals surface area contributed by atoms with E-state index in [0.29, 0.717) is 22.6 Å². The Balaban J connectivity index is 1.85. The number of hydrogen-bond acceptors (Lipinski definition) is 7. The van der Waals surface area contributed by atoms with E-state index in [0.717, 1.165) is 16.7 Å². The van der Waals surface area contributed by atoms with Crippen LogP contribution in [0.15, 0.2) is 45.7 Å². The van der Waals surface area contributed by atoms with Gasteiger partial charge in [-0.1, -0.05) is 12.1 Å². The summed E-state index contributed by atoms with van der Waals surface area (Å²) < 4.78 is 10.2. The molecule has 0 saturated carbocycles. The molecule has 0 bridgehead atoms. The van der Waals surface area contributed by atoms with E-state index < -0.39 is 23.7 Å². The first-order valence-corrected chi connectivity index (χ1v) is 8.26. The highest BCUT2D eigenvalue weighted by molar-refractivity contribution is 8.18. The van der Waals surface area contributed by atoms with Gasteiger partial charge in [0.05, 0.1) is 23.6 Å². The number of benzene rings is 1. The molecular formula is C18H12N2O5S. The molecule has 2 amide bonds. The first-order valence-electron chi connectivity index (χ1n) is 7.45. The highest BCUT2D eigenvalue weighted by Gasteiger charge is 2.36. The van der Waals surface area contributed by atoms with Gasteiger partial charge in [-0.15, -0.1) is 0 Å². The maximum atomic E-state index is 12.3. The second kappa shape index (κ2) is 7.29. The molecule has 1 saturated heterocycles. The number of rotatable bonds is 4. The summed E-state index contributed by atoms with van der Waals surface area (Å²) in [5, 5.41) is 8.62. The topological polar surface area (TPSA) is 101 Å². The summed E-state index contributed by atoms with van der Waals surface area (Å²) in [6.45, 7) is -0.433. The number of thioether (sulfide) groups is 1. The van der Waals surface area contributed by atoms with Crippen molar-refractivity contribution >= 4 is 35.0 Å². The highest BCUT2D eigenvalue weighted by atomic mass is 32.2. The smallest absolute Gasteiger partial charge is 0.325 e. The molecule has 3 rings (SSSR count). The summed E-state index contributed by atoms with van der Waals surface area (Å²) in [6, 6.07) is 12.4. The van der Waals surface area contributed by atoms with Gasteiger partial charge in [0.25, 0.3) is 11.1 Å². The van der Waals surface area contributed by atoms with Gasteiger partial charge in [0.2, 0.25) is 0 Å². The molecule has 26 heavy (non-hydrogen) atoms. The molecule has 2 aromatic rings. The van der Waals surface area contributed by atoms with Crippen molar-refractivity contribution in [3.8, 4) is 17.4 Å². The van der Waals surface area contributed by atoms with E-state index in [2.05, 4.69) is 10.8 Å². The molecule has 0 radical (unpaired) electrons. The summed E-state index contributed by atoms with van der Waals surface area (Å²) in [7, 11) is 1.18. The van der Waals surface area contributed by atoms with Crippen molar-refractivity contribution in [2.75, 3.05) is 13.7 Å². The second-order valence-corrected chi connectivity index (χ2v) is 6.20. The molecule has 0 spiro atoms. The fraction of sp³-hybridized carbons (Fsp3) is 0.111. The Morgan fingerprint density at radius 2 is 2.08 bits per heavy atom. The number of furan rings is 1. The van der Waals surface area contributed by atoms with Crippen molar-refractivity contribution in [3.63, 3.8) is 0 Å². The Morgan fingerprint density at radius 3 is 2.81 bits per heavy atom. The number of nitriles is 1. The van der Waals surface area contributed by atoms with E-state index in [1.807, 2.05) is 0 Å². The number of carbonyl (C=O) groups is 3. The number of nitrogens with zero attached hydrogens (tertiary/aromatic N) is 2. The van der Waals surface area contributed by atoms with E-state index >= 15 is 0 Å². The molecule has 1 aliphatic heterocycles. The van der Waals surface area contributed by atoms with Crippen molar-refractivity contribution < 1.29 is 23.5 Å². The Bertz CT molecular complexity index is 970. The fourth-order valence-corrected chi connectivity index (χ4v) is 3.15. The normalized spacial score (nSPS) is 15.4. The maximum Gasteiger partial charge on any atom is 0.325 e. The van der Waals surface area contributed by atoms with Crippen LogP contribution < -0.4 is 0 Å². The molecule has 7 nitrogen and oxygen atoms in total. The first-order chi connectivity index (χ1) is 12.5. The number of amides is 2. The van der Waals surface area contributed by atoms with Crippen LogP contribution in [0.25, 0.3) is 17.4 Å². The van der Waals surface area contributed by atoms with Crippen molar-refractivity contribution in [2.24, 2.45) is 0 Å². The van der Waals surface area contributed by atoms with Crippen LogP contribution in [0.5, 0.6) is 0 Å². The predicted octanol–water partition coefficient (Wildman–Crippen LogP) is 3.03.